The van der Waals surface area contributed by atoms with Crippen LogP contribution < -0.4 is 15.0 Å². The largest absolute Gasteiger partial charge is 0.495 e. The van der Waals surface area contributed by atoms with Gasteiger partial charge in [-0.05, 0) is 23.6 Å². The zero-order valence-corrected chi connectivity index (χ0v) is 18.3. The summed E-state index contributed by atoms with van der Waals surface area (Å²) in [5.41, 5.74) is 1.09. The first kappa shape index (κ1) is 21.0. The van der Waals surface area contributed by atoms with E-state index in [1.807, 2.05) is 23.1 Å². The van der Waals surface area contributed by atoms with Crippen molar-refractivity contribution in [1.29, 1.82) is 0 Å². The van der Waals surface area contributed by atoms with Crippen LogP contribution in [0, 0.1) is 0 Å². The minimum atomic E-state index is 0.0180. The average molecular weight is 431 g/mol. The molecule has 3 heterocycles. The predicted molar refractivity (Wildman–Crippen MR) is 120 cm³/mol. The molecule has 0 unspecified atom stereocenters. The number of hydrogen-bond donors (Lipinski definition) is 1. The Hall–Kier alpha value is -2.29. The zero-order valence-electron chi connectivity index (χ0n) is 17.5. The van der Waals surface area contributed by atoms with Crippen molar-refractivity contribution >= 4 is 23.1 Å². The van der Waals surface area contributed by atoms with Gasteiger partial charge in [-0.3, -0.25) is 4.90 Å². The predicted octanol–water partition coefficient (Wildman–Crippen LogP) is 2.66. The van der Waals surface area contributed by atoms with Gasteiger partial charge in [0.15, 0.2) is 0 Å². The fourth-order valence-corrected chi connectivity index (χ4v) is 4.98. The van der Waals surface area contributed by atoms with Crippen LogP contribution in [-0.2, 0) is 4.74 Å². The molecule has 1 aromatic heterocycles. The third-order valence-electron chi connectivity index (χ3n) is 5.80. The number of nitrogens with one attached hydrogen (secondary N) is 1. The van der Waals surface area contributed by atoms with E-state index in [4.69, 9.17) is 9.47 Å². The highest BCUT2D eigenvalue weighted by Crippen LogP contribution is 2.28. The first-order valence-corrected chi connectivity index (χ1v) is 11.4. The molecule has 2 amide bonds. The van der Waals surface area contributed by atoms with Gasteiger partial charge in [0.25, 0.3) is 0 Å². The van der Waals surface area contributed by atoms with Crippen LogP contribution in [0.15, 0.2) is 41.8 Å². The lowest BCUT2D eigenvalue weighted by molar-refractivity contribution is 0.0172. The fraction of sp³-hybridized carbons (Fsp3) is 0.500. The number of morpholine rings is 1. The molecule has 0 spiro atoms. The van der Waals surface area contributed by atoms with Crippen LogP contribution in [0.5, 0.6) is 5.75 Å². The van der Waals surface area contributed by atoms with Crippen LogP contribution in [0.3, 0.4) is 0 Å². The number of piperazine rings is 1. The Morgan fingerprint density at radius 1 is 1.10 bits per heavy atom. The van der Waals surface area contributed by atoms with E-state index in [2.05, 4.69) is 38.7 Å². The Bertz CT molecular complexity index is 802. The number of thiophene rings is 1. The van der Waals surface area contributed by atoms with Crippen LogP contribution >= 0.6 is 11.3 Å². The van der Waals surface area contributed by atoms with Crippen molar-refractivity contribution < 1.29 is 14.3 Å². The number of hydrogen-bond acceptors (Lipinski definition) is 6. The molecule has 0 bridgehead atoms. The lowest BCUT2D eigenvalue weighted by atomic mass is 10.2. The molecular formula is C22H30N4O3S. The molecule has 2 aliphatic rings. The Kier molecular flexibility index (Phi) is 7.09. The van der Waals surface area contributed by atoms with Gasteiger partial charge in [0.2, 0.25) is 0 Å². The Balaban J connectivity index is 1.32. The van der Waals surface area contributed by atoms with E-state index in [1.165, 1.54) is 4.88 Å². The van der Waals surface area contributed by atoms with Crippen LogP contribution in [-0.4, -0.2) is 82.0 Å². The maximum atomic E-state index is 12.9. The Morgan fingerprint density at radius 3 is 2.57 bits per heavy atom. The van der Waals surface area contributed by atoms with Gasteiger partial charge >= 0.3 is 6.03 Å². The number of rotatable bonds is 6. The lowest BCUT2D eigenvalue weighted by Crippen LogP contribution is -2.53. The molecule has 2 saturated heterocycles. The summed E-state index contributed by atoms with van der Waals surface area (Å²) in [7, 11) is 1.70. The maximum Gasteiger partial charge on any atom is 0.317 e. The first-order valence-electron chi connectivity index (χ1n) is 10.5. The molecule has 1 N–H and O–H groups in total. The number of methoxy groups -OCH3 is 1. The van der Waals surface area contributed by atoms with Crippen molar-refractivity contribution in [3.63, 3.8) is 0 Å². The number of para-hydroxylation sites is 2. The number of nitrogens with zero attached hydrogens (tertiary/aromatic N) is 3. The number of anilines is 1. The summed E-state index contributed by atoms with van der Waals surface area (Å²) in [6.07, 6.45) is 0. The van der Waals surface area contributed by atoms with Crippen LogP contribution in [0.25, 0.3) is 0 Å². The van der Waals surface area contributed by atoms with Gasteiger partial charge in [0.05, 0.1) is 32.1 Å². The summed E-state index contributed by atoms with van der Waals surface area (Å²) in [5, 5.41) is 5.28. The Labute approximate surface area is 182 Å². The van der Waals surface area contributed by atoms with Gasteiger partial charge in [0, 0.05) is 50.7 Å². The highest BCUT2D eigenvalue weighted by molar-refractivity contribution is 7.10. The molecule has 0 aliphatic carbocycles. The molecule has 0 radical (unpaired) electrons. The van der Waals surface area contributed by atoms with Crippen molar-refractivity contribution in [2.75, 3.05) is 71.0 Å². The minimum absolute atomic E-state index is 0.0180. The summed E-state index contributed by atoms with van der Waals surface area (Å²) in [5.74, 6) is 0.875. The van der Waals surface area contributed by atoms with E-state index < -0.39 is 0 Å². The second-order valence-electron chi connectivity index (χ2n) is 7.51. The van der Waals surface area contributed by atoms with Crippen LogP contribution in [0.4, 0.5) is 10.5 Å². The molecule has 7 nitrogen and oxygen atoms in total. The molecule has 2 aliphatic heterocycles. The van der Waals surface area contributed by atoms with Crippen molar-refractivity contribution in [3.05, 3.63) is 46.7 Å². The summed E-state index contributed by atoms with van der Waals surface area (Å²) in [4.78, 5) is 20.8. The summed E-state index contributed by atoms with van der Waals surface area (Å²) < 4.78 is 11.0. The average Bonchev–Trinajstić information content (AvgIpc) is 3.34. The minimum Gasteiger partial charge on any atom is -0.495 e. The van der Waals surface area contributed by atoms with Gasteiger partial charge in [-0.15, -0.1) is 11.3 Å². The van der Waals surface area contributed by atoms with Crippen molar-refractivity contribution in [3.8, 4) is 5.75 Å². The van der Waals surface area contributed by atoms with E-state index >= 15 is 0 Å². The third-order valence-corrected chi connectivity index (χ3v) is 6.77. The normalized spacial score (nSPS) is 18.8. The Morgan fingerprint density at radius 2 is 1.87 bits per heavy atom. The highest BCUT2D eigenvalue weighted by atomic mass is 32.1. The molecule has 8 heteroatoms. The third kappa shape index (κ3) is 4.88. The highest BCUT2D eigenvalue weighted by Gasteiger charge is 2.26. The quantitative estimate of drug-likeness (QED) is 0.764. The van der Waals surface area contributed by atoms with Crippen molar-refractivity contribution in [1.82, 2.24) is 15.1 Å². The van der Waals surface area contributed by atoms with E-state index in [-0.39, 0.29) is 12.1 Å². The first-order chi connectivity index (χ1) is 14.8. The van der Waals surface area contributed by atoms with E-state index in [0.29, 0.717) is 19.6 Å². The zero-order chi connectivity index (χ0) is 20.8. The van der Waals surface area contributed by atoms with E-state index in [9.17, 15) is 4.79 Å². The van der Waals surface area contributed by atoms with Gasteiger partial charge in [-0.2, -0.15) is 0 Å². The molecule has 162 valence electrons. The number of carbonyl (C=O) groups is 1. The lowest BCUT2D eigenvalue weighted by Gasteiger charge is -2.37. The molecule has 0 saturated carbocycles. The number of ether oxygens (including phenoxy) is 2. The van der Waals surface area contributed by atoms with Gasteiger partial charge in [0.1, 0.15) is 5.75 Å². The van der Waals surface area contributed by atoms with Gasteiger partial charge < -0.3 is 24.6 Å². The topological polar surface area (TPSA) is 57.3 Å². The second-order valence-corrected chi connectivity index (χ2v) is 8.49. The van der Waals surface area contributed by atoms with Crippen LogP contribution in [0.1, 0.15) is 10.9 Å². The van der Waals surface area contributed by atoms with Crippen LogP contribution in [0.2, 0.25) is 0 Å². The standard InChI is InChI=1S/C22H30N4O3S/c1-28-20-6-3-2-5-18(20)24-8-10-26(11-9-24)22(27)23-17-19(21-7-4-16-30-21)25-12-14-29-15-13-25/h2-7,16,19H,8-15,17H2,1H3,(H,23,27)/t19-/m1/s1. The van der Waals surface area contributed by atoms with Crippen molar-refractivity contribution in [2.45, 2.75) is 6.04 Å². The second kappa shape index (κ2) is 10.1. The monoisotopic (exact) mass is 430 g/mol. The molecule has 30 heavy (non-hydrogen) atoms. The molecule has 1 atom stereocenters. The molecule has 2 aromatic rings. The molecular weight excluding hydrogens is 400 g/mol. The van der Waals surface area contributed by atoms with E-state index in [1.54, 1.807) is 18.4 Å². The fourth-order valence-electron chi connectivity index (χ4n) is 4.12. The summed E-state index contributed by atoms with van der Waals surface area (Å²) in [6, 6.07) is 12.5. The number of amides is 2. The molecule has 4 rings (SSSR count). The summed E-state index contributed by atoms with van der Waals surface area (Å²) >= 11 is 1.75. The van der Waals surface area contributed by atoms with Gasteiger partial charge in [-0.1, -0.05) is 18.2 Å². The number of carbonyl (C=O) groups excluding carboxylic acids is 1. The maximum absolute atomic E-state index is 12.9. The van der Waals surface area contributed by atoms with Crippen molar-refractivity contribution in [2.24, 2.45) is 0 Å². The number of benzene rings is 1. The summed E-state index contributed by atoms with van der Waals surface area (Å²) in [6.45, 7) is 6.91. The smallest absolute Gasteiger partial charge is 0.317 e. The van der Waals surface area contributed by atoms with Gasteiger partial charge in [-0.25, -0.2) is 4.79 Å². The SMILES string of the molecule is COc1ccccc1N1CCN(C(=O)NC[C@H](c2cccs2)N2CCOCC2)CC1. The molecule has 1 aromatic carbocycles. The molecule has 2 fully saturated rings. The van der Waals surface area contributed by atoms with E-state index in [0.717, 1.165) is 50.8 Å². The number of urea groups is 1.